The van der Waals surface area contributed by atoms with E-state index in [-0.39, 0.29) is 33.8 Å². The number of nitrogens with zero attached hydrogens (tertiary/aromatic N) is 2. The van der Waals surface area contributed by atoms with Gasteiger partial charge in [0.25, 0.3) is 5.91 Å². The number of hydrogen-bond donors (Lipinski definition) is 1. The molecule has 0 unspecified atom stereocenters. The number of nitrogens with two attached hydrogens (primary N) is 1. The maximum atomic E-state index is 13.0. The molecule has 0 aliphatic heterocycles. The van der Waals surface area contributed by atoms with Crippen LogP contribution in [0.25, 0.3) is 0 Å². The minimum atomic E-state index is -0.410. The third-order valence-electron chi connectivity index (χ3n) is 4.63. The summed E-state index contributed by atoms with van der Waals surface area (Å²) in [6.45, 7) is 6.08. The van der Waals surface area contributed by atoms with Crippen LogP contribution in [0.3, 0.4) is 0 Å². The van der Waals surface area contributed by atoms with Gasteiger partial charge in [-0.2, -0.15) is 9.78 Å². The van der Waals surface area contributed by atoms with Crippen molar-refractivity contribution in [3.8, 4) is 17.2 Å². The lowest BCUT2D eigenvalue weighted by Crippen LogP contribution is -2.19. The number of rotatable bonds is 6. The van der Waals surface area contributed by atoms with Crippen molar-refractivity contribution in [1.82, 2.24) is 9.78 Å². The summed E-state index contributed by atoms with van der Waals surface area (Å²) in [5.41, 5.74) is 8.20. The number of ether oxygens (including phenoxy) is 2. The smallest absolute Gasteiger partial charge is 0.280 e. The van der Waals surface area contributed by atoms with E-state index in [1.807, 2.05) is 12.1 Å². The maximum Gasteiger partial charge on any atom is 0.280 e. The zero-order valence-corrected chi connectivity index (χ0v) is 18.7. The van der Waals surface area contributed by atoms with E-state index in [1.165, 1.54) is 4.68 Å². The third kappa shape index (κ3) is 4.31. The molecule has 0 aliphatic rings. The second kappa shape index (κ2) is 9.08. The lowest BCUT2D eigenvalue weighted by Gasteiger charge is -2.16. The topological polar surface area (TPSA) is 79.4 Å². The van der Waals surface area contributed by atoms with E-state index in [0.29, 0.717) is 17.1 Å². The molecule has 3 aromatic rings. The van der Waals surface area contributed by atoms with Crippen molar-refractivity contribution >= 4 is 29.1 Å². The van der Waals surface area contributed by atoms with Crippen molar-refractivity contribution in [2.45, 2.75) is 33.2 Å². The van der Waals surface area contributed by atoms with Gasteiger partial charge in [0.1, 0.15) is 11.5 Å². The van der Waals surface area contributed by atoms with Crippen LogP contribution in [-0.2, 0) is 6.54 Å². The van der Waals surface area contributed by atoms with Gasteiger partial charge in [-0.25, -0.2) is 0 Å². The molecule has 2 aromatic carbocycles. The molecule has 0 spiro atoms. The largest absolute Gasteiger partial charge is 0.496 e. The van der Waals surface area contributed by atoms with Gasteiger partial charge in [-0.15, -0.1) is 0 Å². The van der Waals surface area contributed by atoms with E-state index in [4.69, 9.17) is 38.4 Å². The summed E-state index contributed by atoms with van der Waals surface area (Å²) in [4.78, 5) is 13.0. The molecule has 0 atom stereocenters. The molecule has 0 amide bonds. The molecule has 0 radical (unpaired) electrons. The molecule has 0 saturated carbocycles. The quantitative estimate of drug-likeness (QED) is 0.533. The number of aromatic nitrogens is 2. The van der Waals surface area contributed by atoms with Gasteiger partial charge >= 0.3 is 0 Å². The molecule has 0 saturated heterocycles. The van der Waals surface area contributed by atoms with Gasteiger partial charge in [0.15, 0.2) is 5.75 Å². The summed E-state index contributed by atoms with van der Waals surface area (Å²) in [7, 11) is 1.62. The number of hydrogen-bond acceptors (Lipinski definition) is 5. The molecule has 1 heterocycles. The highest BCUT2D eigenvalue weighted by Crippen LogP contribution is 2.40. The van der Waals surface area contributed by atoms with Gasteiger partial charge in [0.05, 0.1) is 34.1 Å². The van der Waals surface area contributed by atoms with Crippen LogP contribution in [0.1, 0.15) is 47.1 Å². The zero-order chi connectivity index (χ0) is 22.0. The van der Waals surface area contributed by atoms with Gasteiger partial charge in [0.2, 0.25) is 0 Å². The van der Waals surface area contributed by atoms with Crippen LogP contribution >= 0.6 is 23.2 Å². The van der Waals surface area contributed by atoms with E-state index in [1.54, 1.807) is 38.3 Å². The van der Waals surface area contributed by atoms with Gasteiger partial charge in [-0.3, -0.25) is 4.79 Å². The van der Waals surface area contributed by atoms with Crippen molar-refractivity contribution in [3.05, 3.63) is 69.0 Å². The van der Waals surface area contributed by atoms with Crippen molar-refractivity contribution < 1.29 is 14.3 Å². The number of aryl methyl sites for hydroxylation is 1. The predicted octanol–water partition coefficient (Wildman–Crippen LogP) is 5.57. The van der Waals surface area contributed by atoms with E-state index in [2.05, 4.69) is 18.9 Å². The number of halogens is 2. The van der Waals surface area contributed by atoms with E-state index in [0.717, 1.165) is 11.3 Å². The van der Waals surface area contributed by atoms with Crippen LogP contribution in [0, 0.1) is 6.92 Å². The van der Waals surface area contributed by atoms with E-state index >= 15 is 0 Å². The van der Waals surface area contributed by atoms with E-state index < -0.39 is 5.91 Å². The first kappa shape index (κ1) is 22.2. The molecular formula is C22H23Cl2N3O3. The zero-order valence-electron chi connectivity index (χ0n) is 17.2. The first-order chi connectivity index (χ1) is 14.3. The Bertz CT molecular complexity index is 1090. The predicted molar refractivity (Wildman–Crippen MR) is 118 cm³/mol. The second-order valence-corrected chi connectivity index (χ2v) is 7.88. The minimum Gasteiger partial charge on any atom is -0.496 e. The van der Waals surface area contributed by atoms with Gasteiger partial charge < -0.3 is 15.2 Å². The average Bonchev–Trinajstić information content (AvgIpc) is 3.11. The summed E-state index contributed by atoms with van der Waals surface area (Å²) in [5, 5.41) is 4.61. The number of carbonyl (C=O) groups is 1. The SMILES string of the molecule is COc1ccc(Oc2c(Cl)ccc(C(=O)n3nc(C)cc3CN)c2Cl)cc1C(C)C. The summed E-state index contributed by atoms with van der Waals surface area (Å²) in [6.07, 6.45) is 0. The number of methoxy groups -OCH3 is 1. The Morgan fingerprint density at radius 3 is 2.57 bits per heavy atom. The van der Waals surface area contributed by atoms with Crippen molar-refractivity contribution in [1.29, 1.82) is 0 Å². The maximum absolute atomic E-state index is 13.0. The van der Waals surface area contributed by atoms with Crippen LogP contribution in [-0.4, -0.2) is 22.8 Å². The standard InChI is InChI=1S/C22H23Cl2N3O3/c1-12(2)17-10-15(5-8-19(17)29-4)30-21-18(23)7-6-16(20(21)24)22(28)27-14(11-25)9-13(3)26-27/h5-10,12H,11,25H2,1-4H3. The second-order valence-electron chi connectivity index (χ2n) is 7.10. The minimum absolute atomic E-state index is 0.102. The fraction of sp³-hybridized carbons (Fsp3) is 0.273. The van der Waals surface area contributed by atoms with Gasteiger partial charge in [-0.1, -0.05) is 37.0 Å². The van der Waals surface area contributed by atoms with Crippen molar-refractivity contribution in [2.24, 2.45) is 5.73 Å². The lowest BCUT2D eigenvalue weighted by atomic mass is 10.0. The third-order valence-corrected chi connectivity index (χ3v) is 5.30. The molecule has 0 bridgehead atoms. The Hall–Kier alpha value is -2.54. The Morgan fingerprint density at radius 1 is 1.20 bits per heavy atom. The van der Waals surface area contributed by atoms with Crippen molar-refractivity contribution in [3.63, 3.8) is 0 Å². The first-order valence-corrected chi connectivity index (χ1v) is 10.2. The monoisotopic (exact) mass is 447 g/mol. The average molecular weight is 448 g/mol. The summed E-state index contributed by atoms with van der Waals surface area (Å²) >= 11 is 12.9. The van der Waals surface area contributed by atoms with Gasteiger partial charge in [0, 0.05) is 12.1 Å². The van der Waals surface area contributed by atoms with Gasteiger partial charge in [-0.05, 0) is 49.2 Å². The fourth-order valence-corrected chi connectivity index (χ4v) is 3.65. The highest BCUT2D eigenvalue weighted by Gasteiger charge is 2.22. The number of carbonyl (C=O) groups excluding carboxylic acids is 1. The molecule has 0 fully saturated rings. The Kier molecular flexibility index (Phi) is 6.71. The van der Waals surface area contributed by atoms with E-state index in [9.17, 15) is 4.79 Å². The van der Waals surface area contributed by atoms with Crippen LogP contribution in [0.15, 0.2) is 36.4 Å². The van der Waals surface area contributed by atoms with Crippen molar-refractivity contribution in [2.75, 3.05) is 7.11 Å². The summed E-state index contributed by atoms with van der Waals surface area (Å²) in [6, 6.07) is 10.3. The normalized spacial score (nSPS) is 11.1. The molecule has 3 rings (SSSR count). The molecule has 6 nitrogen and oxygen atoms in total. The van der Waals surface area contributed by atoms with Crippen LogP contribution in [0.5, 0.6) is 17.2 Å². The molecule has 30 heavy (non-hydrogen) atoms. The first-order valence-electron chi connectivity index (χ1n) is 9.40. The highest BCUT2D eigenvalue weighted by molar-refractivity contribution is 6.39. The number of benzene rings is 2. The molecule has 8 heteroatoms. The Balaban J connectivity index is 2.01. The fourth-order valence-electron chi connectivity index (χ4n) is 3.12. The Morgan fingerprint density at radius 2 is 1.93 bits per heavy atom. The molecule has 1 aromatic heterocycles. The molecule has 0 aliphatic carbocycles. The molecule has 2 N–H and O–H groups in total. The van der Waals surface area contributed by atoms with Crippen LogP contribution < -0.4 is 15.2 Å². The molecular weight excluding hydrogens is 425 g/mol. The molecule has 158 valence electrons. The van der Waals surface area contributed by atoms with Crippen LogP contribution in [0.2, 0.25) is 10.0 Å². The lowest BCUT2D eigenvalue weighted by molar-refractivity contribution is 0.0941. The highest BCUT2D eigenvalue weighted by atomic mass is 35.5. The summed E-state index contributed by atoms with van der Waals surface area (Å²) in [5.74, 6) is 1.31. The van der Waals surface area contributed by atoms with Crippen LogP contribution in [0.4, 0.5) is 0 Å². The Labute approximate surface area is 185 Å². The summed E-state index contributed by atoms with van der Waals surface area (Å²) < 4.78 is 12.7.